The molecule has 1 fully saturated rings. The van der Waals surface area contributed by atoms with E-state index in [1.165, 1.54) is 55.6 Å². The topological polar surface area (TPSA) is 15.3 Å². The van der Waals surface area contributed by atoms with Gasteiger partial charge in [-0.2, -0.15) is 0 Å². The lowest BCUT2D eigenvalue weighted by Crippen LogP contribution is -2.33. The highest BCUT2D eigenvalue weighted by Gasteiger charge is 2.18. The Balaban J connectivity index is 1.95. The second kappa shape index (κ2) is 7.24. The van der Waals surface area contributed by atoms with Crippen LogP contribution in [-0.2, 0) is 0 Å². The van der Waals surface area contributed by atoms with Crippen molar-refractivity contribution in [2.24, 2.45) is 0 Å². The molecule has 1 saturated heterocycles. The lowest BCUT2D eigenvalue weighted by molar-refractivity contribution is 0.295. The van der Waals surface area contributed by atoms with Gasteiger partial charge in [0.15, 0.2) is 0 Å². The quantitative estimate of drug-likeness (QED) is 0.897. The van der Waals surface area contributed by atoms with Crippen molar-refractivity contribution >= 4 is 0 Å². The summed E-state index contributed by atoms with van der Waals surface area (Å²) in [4.78, 5) is 2.57. The SMILES string of the molecule is CCN1CCCC(NC(C)c2ccc(C)cc2C)CC1. The Hall–Kier alpha value is -0.860. The number of rotatable bonds is 4. The van der Waals surface area contributed by atoms with Gasteiger partial charge in [-0.1, -0.05) is 30.7 Å². The van der Waals surface area contributed by atoms with Crippen LogP contribution in [0.5, 0.6) is 0 Å². The van der Waals surface area contributed by atoms with Crippen LogP contribution in [0.2, 0.25) is 0 Å². The molecule has 0 saturated carbocycles. The van der Waals surface area contributed by atoms with E-state index in [-0.39, 0.29) is 0 Å². The van der Waals surface area contributed by atoms with Crippen LogP contribution >= 0.6 is 0 Å². The van der Waals surface area contributed by atoms with Crippen LogP contribution < -0.4 is 5.32 Å². The predicted molar refractivity (Wildman–Crippen MR) is 87.2 cm³/mol. The van der Waals surface area contributed by atoms with Crippen molar-refractivity contribution in [1.29, 1.82) is 0 Å². The Bertz CT molecular complexity index is 427. The Labute approximate surface area is 124 Å². The van der Waals surface area contributed by atoms with Crippen LogP contribution in [0.4, 0.5) is 0 Å². The molecule has 1 aliphatic rings. The van der Waals surface area contributed by atoms with Gasteiger partial charge >= 0.3 is 0 Å². The van der Waals surface area contributed by atoms with Gasteiger partial charge in [-0.3, -0.25) is 0 Å². The van der Waals surface area contributed by atoms with Gasteiger partial charge in [-0.15, -0.1) is 0 Å². The standard InChI is InChI=1S/C18H30N2/c1-5-20-11-6-7-17(10-12-20)19-16(4)18-9-8-14(2)13-15(18)3/h8-9,13,16-17,19H,5-7,10-12H2,1-4H3. The van der Waals surface area contributed by atoms with E-state index >= 15 is 0 Å². The lowest BCUT2D eigenvalue weighted by Gasteiger charge is -2.24. The molecule has 2 rings (SSSR count). The highest BCUT2D eigenvalue weighted by molar-refractivity contribution is 5.32. The minimum atomic E-state index is 0.453. The summed E-state index contributed by atoms with van der Waals surface area (Å²) in [5.74, 6) is 0. The zero-order valence-corrected chi connectivity index (χ0v) is 13.6. The van der Waals surface area contributed by atoms with Gasteiger partial charge in [0.05, 0.1) is 0 Å². The van der Waals surface area contributed by atoms with Gasteiger partial charge in [-0.05, 0) is 70.8 Å². The Morgan fingerprint density at radius 2 is 2.05 bits per heavy atom. The zero-order valence-electron chi connectivity index (χ0n) is 13.6. The molecule has 2 unspecified atom stereocenters. The van der Waals surface area contributed by atoms with E-state index in [2.05, 4.69) is 56.1 Å². The lowest BCUT2D eigenvalue weighted by atomic mass is 9.98. The average Bonchev–Trinajstić information content (AvgIpc) is 2.63. The van der Waals surface area contributed by atoms with Crippen molar-refractivity contribution in [3.63, 3.8) is 0 Å². The van der Waals surface area contributed by atoms with Crippen LogP contribution in [0.15, 0.2) is 18.2 Å². The zero-order chi connectivity index (χ0) is 14.5. The molecular formula is C18H30N2. The second-order valence-electron chi connectivity index (χ2n) is 6.31. The van der Waals surface area contributed by atoms with E-state index in [1.807, 2.05) is 0 Å². The summed E-state index contributed by atoms with van der Waals surface area (Å²) in [6.45, 7) is 12.7. The van der Waals surface area contributed by atoms with E-state index in [4.69, 9.17) is 0 Å². The molecule has 1 heterocycles. The monoisotopic (exact) mass is 274 g/mol. The summed E-state index contributed by atoms with van der Waals surface area (Å²) >= 11 is 0. The highest BCUT2D eigenvalue weighted by Crippen LogP contribution is 2.21. The molecule has 2 atom stereocenters. The summed E-state index contributed by atoms with van der Waals surface area (Å²) in [6, 6.07) is 7.93. The Morgan fingerprint density at radius 1 is 1.25 bits per heavy atom. The molecular weight excluding hydrogens is 244 g/mol. The minimum absolute atomic E-state index is 0.453. The van der Waals surface area contributed by atoms with E-state index in [1.54, 1.807) is 0 Å². The Morgan fingerprint density at radius 3 is 2.75 bits per heavy atom. The minimum Gasteiger partial charge on any atom is -0.307 e. The fourth-order valence-electron chi connectivity index (χ4n) is 3.39. The van der Waals surface area contributed by atoms with Crippen LogP contribution in [0.25, 0.3) is 0 Å². The first-order valence-electron chi connectivity index (χ1n) is 8.15. The molecule has 20 heavy (non-hydrogen) atoms. The van der Waals surface area contributed by atoms with E-state index < -0.39 is 0 Å². The third-order valence-corrected chi connectivity index (χ3v) is 4.65. The molecule has 112 valence electrons. The summed E-state index contributed by atoms with van der Waals surface area (Å²) in [6.07, 6.45) is 3.92. The van der Waals surface area contributed by atoms with Gasteiger partial charge < -0.3 is 10.2 Å². The van der Waals surface area contributed by atoms with E-state index in [0.717, 1.165) is 0 Å². The molecule has 0 aromatic heterocycles. The Kier molecular flexibility index (Phi) is 5.62. The third kappa shape index (κ3) is 4.07. The molecule has 1 aromatic carbocycles. The number of likely N-dealkylation sites (tertiary alicyclic amines) is 1. The summed E-state index contributed by atoms with van der Waals surface area (Å²) < 4.78 is 0. The molecule has 0 amide bonds. The van der Waals surface area contributed by atoms with Gasteiger partial charge in [0.2, 0.25) is 0 Å². The normalized spacial score (nSPS) is 22.5. The van der Waals surface area contributed by atoms with Crippen LogP contribution in [0.3, 0.4) is 0 Å². The van der Waals surface area contributed by atoms with Gasteiger partial charge in [0.25, 0.3) is 0 Å². The highest BCUT2D eigenvalue weighted by atomic mass is 15.1. The van der Waals surface area contributed by atoms with Crippen LogP contribution in [0.1, 0.15) is 55.8 Å². The van der Waals surface area contributed by atoms with Gasteiger partial charge in [0, 0.05) is 12.1 Å². The molecule has 0 bridgehead atoms. The fraction of sp³-hybridized carbons (Fsp3) is 0.667. The van der Waals surface area contributed by atoms with Crippen molar-refractivity contribution in [3.05, 3.63) is 34.9 Å². The van der Waals surface area contributed by atoms with Crippen molar-refractivity contribution < 1.29 is 0 Å². The number of nitrogens with zero attached hydrogens (tertiary/aromatic N) is 1. The van der Waals surface area contributed by atoms with Crippen molar-refractivity contribution in [2.45, 2.75) is 59.0 Å². The molecule has 1 aromatic rings. The van der Waals surface area contributed by atoms with Crippen molar-refractivity contribution in [3.8, 4) is 0 Å². The molecule has 1 aliphatic heterocycles. The largest absolute Gasteiger partial charge is 0.307 e. The first-order valence-corrected chi connectivity index (χ1v) is 8.15. The van der Waals surface area contributed by atoms with E-state index in [9.17, 15) is 0 Å². The maximum atomic E-state index is 3.85. The number of nitrogens with one attached hydrogen (secondary N) is 1. The van der Waals surface area contributed by atoms with Crippen molar-refractivity contribution in [2.75, 3.05) is 19.6 Å². The number of hydrogen-bond acceptors (Lipinski definition) is 2. The maximum absolute atomic E-state index is 3.85. The third-order valence-electron chi connectivity index (χ3n) is 4.65. The molecule has 2 heteroatoms. The number of benzene rings is 1. The molecule has 0 radical (unpaired) electrons. The van der Waals surface area contributed by atoms with Crippen LogP contribution in [-0.4, -0.2) is 30.6 Å². The molecule has 1 N–H and O–H groups in total. The molecule has 0 aliphatic carbocycles. The summed E-state index contributed by atoms with van der Waals surface area (Å²) in [7, 11) is 0. The maximum Gasteiger partial charge on any atom is 0.0296 e. The fourth-order valence-corrected chi connectivity index (χ4v) is 3.39. The number of aryl methyl sites for hydroxylation is 2. The van der Waals surface area contributed by atoms with E-state index in [0.29, 0.717) is 12.1 Å². The van der Waals surface area contributed by atoms with Crippen LogP contribution in [0, 0.1) is 13.8 Å². The van der Waals surface area contributed by atoms with Gasteiger partial charge in [-0.25, -0.2) is 0 Å². The van der Waals surface area contributed by atoms with Crippen molar-refractivity contribution in [1.82, 2.24) is 10.2 Å². The number of hydrogen-bond donors (Lipinski definition) is 1. The predicted octanol–water partition coefficient (Wildman–Crippen LogP) is 3.83. The smallest absolute Gasteiger partial charge is 0.0296 e. The second-order valence-corrected chi connectivity index (χ2v) is 6.31. The average molecular weight is 274 g/mol. The first-order chi connectivity index (χ1) is 9.60. The summed E-state index contributed by atoms with van der Waals surface area (Å²) in [5.41, 5.74) is 4.22. The van der Waals surface area contributed by atoms with Gasteiger partial charge in [0.1, 0.15) is 0 Å². The molecule has 0 spiro atoms. The summed E-state index contributed by atoms with van der Waals surface area (Å²) in [5, 5.41) is 3.85. The first kappa shape index (κ1) is 15.5. The molecule has 2 nitrogen and oxygen atoms in total.